The van der Waals surface area contributed by atoms with Crippen LogP contribution in [0.4, 0.5) is 0 Å². The Kier molecular flexibility index (Phi) is 20.3. The molecule has 10 heteroatoms. The van der Waals surface area contributed by atoms with E-state index >= 15 is 0 Å². The Bertz CT molecular complexity index is 513. The number of carbonyl (C=O) groups is 3. The van der Waals surface area contributed by atoms with Gasteiger partial charge in [-0.2, -0.15) is 0 Å². The van der Waals surface area contributed by atoms with Crippen molar-refractivity contribution in [2.24, 2.45) is 17.8 Å². The fourth-order valence-corrected chi connectivity index (χ4v) is 3.11. The maximum absolute atomic E-state index is 11.4. The van der Waals surface area contributed by atoms with E-state index in [0.717, 1.165) is 51.4 Å². The highest BCUT2D eigenvalue weighted by Crippen LogP contribution is 2.28. The van der Waals surface area contributed by atoms with Crippen LogP contribution in [0.1, 0.15) is 65.2 Å². The minimum atomic E-state index is -0.147. The Labute approximate surface area is 208 Å². The number of halogens is 1. The summed E-state index contributed by atoms with van der Waals surface area (Å²) in [6.07, 6.45) is 9.29. The number of hydrogen-bond acceptors (Lipinski definition) is 9. The Morgan fingerprint density at radius 1 is 0.618 bits per heavy atom. The molecule has 0 radical (unpaired) electrons. The first-order chi connectivity index (χ1) is 16.0. The molecule has 34 heavy (non-hydrogen) atoms. The molecular weight excluding hydrogens is 468 g/mol. The molecule has 2 N–H and O–H groups in total. The molecule has 0 bridgehead atoms. The highest BCUT2D eigenvalue weighted by Gasteiger charge is 2.27. The molecule has 3 aliphatic rings. The lowest BCUT2D eigenvalue weighted by Gasteiger charge is -2.23. The molecule has 0 aromatic carbocycles. The van der Waals surface area contributed by atoms with Crippen molar-refractivity contribution in [2.75, 3.05) is 52.9 Å². The summed E-state index contributed by atoms with van der Waals surface area (Å²) in [4.78, 5) is 32.9. The van der Waals surface area contributed by atoms with E-state index in [1.807, 2.05) is 0 Å². The lowest BCUT2D eigenvalue weighted by atomic mass is 9.86. The summed E-state index contributed by atoms with van der Waals surface area (Å²) < 4.78 is 20.0. The third kappa shape index (κ3) is 14.9. The van der Waals surface area contributed by atoms with E-state index in [0.29, 0.717) is 26.4 Å². The fourth-order valence-electron chi connectivity index (χ4n) is 2.89. The van der Waals surface area contributed by atoms with Crippen molar-refractivity contribution < 1.29 is 43.5 Å². The zero-order valence-electron chi connectivity index (χ0n) is 19.4. The van der Waals surface area contributed by atoms with Gasteiger partial charge < -0.3 is 29.2 Å². The van der Waals surface area contributed by atoms with Crippen LogP contribution in [-0.4, -0.2) is 80.2 Å². The molecule has 3 fully saturated rings. The zero-order chi connectivity index (χ0) is 24.3. The minimum Gasteiger partial charge on any atom is -0.463 e. The van der Waals surface area contributed by atoms with Gasteiger partial charge in [-0.25, -0.2) is 0 Å². The number of esters is 2. The average molecular weight is 511 g/mol. The molecule has 3 rings (SSSR count). The Hall–Kier alpha value is -1.26. The maximum atomic E-state index is 11.4. The van der Waals surface area contributed by atoms with E-state index in [-0.39, 0.29) is 68.8 Å². The lowest BCUT2D eigenvalue weighted by molar-refractivity contribution is -0.154. The molecule has 0 amide bonds. The standard InChI is InChI=1S/C14H22O5.C5H7ClO.C4H10O3.CH4/c15-13(11-3-1-4-11)18-9-7-17-8-10-19-14(16)12-5-2-6-12;6-5(7)4-2-1-3-4;5-1-3-7-4-2-6;/h11-12H,1-10H2;4H,1-3H2;5-6H,1-4H2;1H4. The Morgan fingerprint density at radius 3 is 1.21 bits per heavy atom. The molecule has 0 unspecified atom stereocenters. The molecule has 0 aromatic heterocycles. The number of hydrogen-bond donors (Lipinski definition) is 2. The van der Waals surface area contributed by atoms with Gasteiger partial charge in [-0.1, -0.05) is 26.7 Å². The van der Waals surface area contributed by atoms with E-state index in [9.17, 15) is 14.4 Å². The lowest BCUT2D eigenvalue weighted by Crippen LogP contribution is -2.26. The summed E-state index contributed by atoms with van der Waals surface area (Å²) in [5.41, 5.74) is 0. The number of aliphatic hydroxyl groups excluding tert-OH is 2. The molecule has 0 atom stereocenters. The van der Waals surface area contributed by atoms with Crippen molar-refractivity contribution in [3.8, 4) is 0 Å². The van der Waals surface area contributed by atoms with Crippen molar-refractivity contribution in [1.82, 2.24) is 0 Å². The fraction of sp³-hybridized carbons (Fsp3) is 0.875. The van der Waals surface area contributed by atoms with Crippen LogP contribution >= 0.6 is 11.6 Å². The van der Waals surface area contributed by atoms with Gasteiger partial charge in [0.15, 0.2) is 0 Å². The van der Waals surface area contributed by atoms with Crippen LogP contribution in [-0.2, 0) is 33.3 Å². The van der Waals surface area contributed by atoms with Crippen molar-refractivity contribution in [3.05, 3.63) is 0 Å². The van der Waals surface area contributed by atoms with Gasteiger partial charge in [-0.3, -0.25) is 14.4 Å². The van der Waals surface area contributed by atoms with E-state index in [1.165, 1.54) is 6.42 Å². The minimum absolute atomic E-state index is 0. The van der Waals surface area contributed by atoms with E-state index in [2.05, 4.69) is 4.74 Å². The third-order valence-corrected chi connectivity index (χ3v) is 6.03. The van der Waals surface area contributed by atoms with Crippen LogP contribution in [0.3, 0.4) is 0 Å². The molecule has 0 aromatic rings. The van der Waals surface area contributed by atoms with E-state index in [1.54, 1.807) is 0 Å². The summed E-state index contributed by atoms with van der Waals surface area (Å²) in [6, 6.07) is 0. The van der Waals surface area contributed by atoms with Crippen LogP contribution in [0, 0.1) is 17.8 Å². The van der Waals surface area contributed by atoms with Gasteiger partial charge >= 0.3 is 11.9 Å². The summed E-state index contributed by atoms with van der Waals surface area (Å²) in [6.45, 7) is 1.98. The normalized spacial score (nSPS) is 17.1. The second-order valence-electron chi connectivity index (χ2n) is 8.19. The molecular formula is C24H43ClO9. The van der Waals surface area contributed by atoms with Crippen LogP contribution in [0.15, 0.2) is 0 Å². The predicted octanol–water partition coefficient (Wildman–Crippen LogP) is 2.87. The van der Waals surface area contributed by atoms with Gasteiger partial charge in [0, 0.05) is 5.92 Å². The van der Waals surface area contributed by atoms with Crippen molar-refractivity contribution in [2.45, 2.75) is 65.2 Å². The highest BCUT2D eigenvalue weighted by atomic mass is 35.5. The first-order valence-corrected chi connectivity index (χ1v) is 12.3. The van der Waals surface area contributed by atoms with Crippen LogP contribution in [0.2, 0.25) is 0 Å². The predicted molar refractivity (Wildman–Crippen MR) is 127 cm³/mol. The maximum Gasteiger partial charge on any atom is 0.309 e. The molecule has 0 saturated heterocycles. The topological polar surface area (TPSA) is 129 Å². The van der Waals surface area contributed by atoms with Gasteiger partial charge in [0.05, 0.1) is 51.5 Å². The van der Waals surface area contributed by atoms with Gasteiger partial charge in [0.2, 0.25) is 5.24 Å². The Balaban J connectivity index is 0.000000599. The number of aliphatic hydroxyl groups is 2. The van der Waals surface area contributed by atoms with Crippen molar-refractivity contribution in [3.63, 3.8) is 0 Å². The quantitative estimate of drug-likeness (QED) is 0.218. The van der Waals surface area contributed by atoms with Gasteiger partial charge in [0.1, 0.15) is 13.2 Å². The molecule has 200 valence electrons. The van der Waals surface area contributed by atoms with Gasteiger partial charge in [-0.15, -0.1) is 0 Å². The van der Waals surface area contributed by atoms with Crippen molar-refractivity contribution in [1.29, 1.82) is 0 Å². The summed E-state index contributed by atoms with van der Waals surface area (Å²) in [5, 5.41) is 16.0. The zero-order valence-corrected chi connectivity index (χ0v) is 20.1. The summed E-state index contributed by atoms with van der Waals surface area (Å²) >= 11 is 5.14. The number of rotatable bonds is 13. The second kappa shape index (κ2) is 21.1. The third-order valence-electron chi connectivity index (χ3n) is 5.72. The monoisotopic (exact) mass is 510 g/mol. The first-order valence-electron chi connectivity index (χ1n) is 11.9. The molecule has 3 saturated carbocycles. The van der Waals surface area contributed by atoms with Crippen LogP contribution in [0.5, 0.6) is 0 Å². The summed E-state index contributed by atoms with van der Waals surface area (Å²) in [5.74, 6) is 0.228. The van der Waals surface area contributed by atoms with E-state index in [4.69, 9.17) is 36.0 Å². The van der Waals surface area contributed by atoms with Gasteiger partial charge in [0.25, 0.3) is 0 Å². The van der Waals surface area contributed by atoms with E-state index < -0.39 is 0 Å². The summed E-state index contributed by atoms with van der Waals surface area (Å²) in [7, 11) is 0. The highest BCUT2D eigenvalue weighted by molar-refractivity contribution is 6.64. The van der Waals surface area contributed by atoms with Gasteiger partial charge in [-0.05, 0) is 50.1 Å². The second-order valence-corrected chi connectivity index (χ2v) is 8.57. The number of ether oxygens (including phenoxy) is 4. The van der Waals surface area contributed by atoms with Crippen LogP contribution in [0.25, 0.3) is 0 Å². The number of carbonyl (C=O) groups excluding carboxylic acids is 3. The SMILES string of the molecule is C.O=C(Cl)C1CCC1.O=C(OCCOCCOC(=O)C1CCC1)C1CCC1.OCCOCCO. The molecule has 9 nitrogen and oxygen atoms in total. The molecule has 0 spiro atoms. The molecule has 3 aliphatic carbocycles. The van der Waals surface area contributed by atoms with Crippen LogP contribution < -0.4 is 0 Å². The van der Waals surface area contributed by atoms with Crippen molar-refractivity contribution >= 4 is 28.8 Å². The Morgan fingerprint density at radius 2 is 0.971 bits per heavy atom. The smallest absolute Gasteiger partial charge is 0.309 e. The average Bonchev–Trinajstić information content (AvgIpc) is 2.64. The largest absolute Gasteiger partial charge is 0.463 e. The molecule has 0 aliphatic heterocycles. The first kappa shape index (κ1) is 32.7. The molecule has 0 heterocycles.